The highest BCUT2D eigenvalue weighted by Crippen LogP contribution is 2.40. The molecule has 11 nitrogen and oxygen atoms in total. The molecule has 0 spiro atoms. The first kappa shape index (κ1) is 27.6. The molecule has 1 unspecified atom stereocenters. The second kappa shape index (κ2) is 10.9. The van der Waals surface area contributed by atoms with Crippen molar-refractivity contribution >= 4 is 41.0 Å². The maximum atomic E-state index is 13.9. The Labute approximate surface area is 237 Å². The number of anilines is 2. The number of rotatable bonds is 5. The van der Waals surface area contributed by atoms with Gasteiger partial charge in [-0.2, -0.15) is 0 Å². The van der Waals surface area contributed by atoms with Gasteiger partial charge in [0.05, 0.1) is 5.69 Å². The molecule has 1 atom stereocenters. The number of thioether (sulfide) groups is 1. The van der Waals surface area contributed by atoms with Crippen LogP contribution in [-0.4, -0.2) is 74.8 Å². The SMILES string of the molecule is CC1(C)CN(C(=O)CN2C(=O)C(NC(=O)Nc3cccc(-c4nnn[nH]4)c3)CSc3ccccc32)CC(C)(C)C1. The van der Waals surface area contributed by atoms with E-state index in [0.29, 0.717) is 41.6 Å². The third kappa shape index (κ3) is 6.27. The van der Waals surface area contributed by atoms with Crippen LogP contribution in [0.15, 0.2) is 53.4 Å². The van der Waals surface area contributed by atoms with Gasteiger partial charge in [0.15, 0.2) is 5.82 Å². The van der Waals surface area contributed by atoms with E-state index in [1.54, 1.807) is 18.2 Å². The minimum Gasteiger partial charge on any atom is -0.340 e. The minimum atomic E-state index is -0.832. The Morgan fingerprint density at radius 1 is 1.07 bits per heavy atom. The number of piperidine rings is 1. The largest absolute Gasteiger partial charge is 0.340 e. The number of hydrogen-bond acceptors (Lipinski definition) is 7. The van der Waals surface area contributed by atoms with Gasteiger partial charge in [0, 0.05) is 35.0 Å². The van der Waals surface area contributed by atoms with Crippen molar-refractivity contribution in [3.8, 4) is 11.4 Å². The number of aromatic amines is 1. The maximum Gasteiger partial charge on any atom is 0.319 e. The van der Waals surface area contributed by atoms with E-state index in [-0.39, 0.29) is 29.2 Å². The number of nitrogens with one attached hydrogen (secondary N) is 3. The smallest absolute Gasteiger partial charge is 0.319 e. The van der Waals surface area contributed by atoms with Crippen LogP contribution in [0.25, 0.3) is 11.4 Å². The normalized spacial score (nSPS) is 19.9. The first-order chi connectivity index (χ1) is 19.0. The van der Waals surface area contributed by atoms with Crippen LogP contribution in [0.1, 0.15) is 34.1 Å². The number of hydrogen-bond donors (Lipinski definition) is 3. The fourth-order valence-electron chi connectivity index (χ4n) is 5.88. The lowest BCUT2D eigenvalue weighted by Gasteiger charge is -2.47. The maximum absolute atomic E-state index is 13.9. The molecule has 3 aromatic rings. The summed E-state index contributed by atoms with van der Waals surface area (Å²) >= 11 is 1.48. The Kier molecular flexibility index (Phi) is 7.54. The Balaban J connectivity index is 1.32. The van der Waals surface area contributed by atoms with Crippen molar-refractivity contribution in [2.24, 2.45) is 10.8 Å². The number of H-pyrrole nitrogens is 1. The molecular formula is C28H34N8O3S. The number of para-hydroxylation sites is 1. The molecule has 40 heavy (non-hydrogen) atoms. The van der Waals surface area contributed by atoms with Gasteiger partial charge in [0.2, 0.25) is 5.91 Å². The number of nitrogens with zero attached hydrogens (tertiary/aromatic N) is 5. The van der Waals surface area contributed by atoms with Gasteiger partial charge in [-0.15, -0.1) is 16.9 Å². The second-order valence-electron chi connectivity index (χ2n) is 11.9. The fraction of sp³-hybridized carbons (Fsp3) is 0.429. The van der Waals surface area contributed by atoms with Gasteiger partial charge in [0.1, 0.15) is 12.6 Å². The van der Waals surface area contributed by atoms with Crippen LogP contribution in [0.2, 0.25) is 0 Å². The third-order valence-electron chi connectivity index (χ3n) is 7.01. The van der Waals surface area contributed by atoms with Gasteiger partial charge in [-0.05, 0) is 51.9 Å². The number of fused-ring (bicyclic) bond motifs is 1. The average Bonchev–Trinajstić information content (AvgIpc) is 3.39. The van der Waals surface area contributed by atoms with Crippen molar-refractivity contribution in [1.29, 1.82) is 0 Å². The summed E-state index contributed by atoms with van der Waals surface area (Å²) < 4.78 is 0. The van der Waals surface area contributed by atoms with Crippen molar-refractivity contribution in [1.82, 2.24) is 30.8 Å². The molecular weight excluding hydrogens is 528 g/mol. The Morgan fingerprint density at radius 2 is 1.82 bits per heavy atom. The van der Waals surface area contributed by atoms with Crippen molar-refractivity contribution in [3.05, 3.63) is 48.5 Å². The molecule has 1 aromatic heterocycles. The number of aromatic nitrogens is 4. The molecule has 4 amide bonds. The summed E-state index contributed by atoms with van der Waals surface area (Å²) in [5.41, 5.74) is 1.87. The molecule has 5 rings (SSSR count). The van der Waals surface area contributed by atoms with Crippen LogP contribution >= 0.6 is 11.8 Å². The molecule has 0 radical (unpaired) electrons. The Hall–Kier alpha value is -3.93. The first-order valence-corrected chi connectivity index (χ1v) is 14.2. The Bertz CT molecular complexity index is 1390. The fourth-order valence-corrected chi connectivity index (χ4v) is 6.95. The minimum absolute atomic E-state index is 0.0165. The van der Waals surface area contributed by atoms with Gasteiger partial charge >= 0.3 is 6.03 Å². The van der Waals surface area contributed by atoms with Gasteiger partial charge < -0.3 is 20.4 Å². The number of tetrazole rings is 1. The lowest BCUT2D eigenvalue weighted by atomic mass is 9.71. The zero-order valence-electron chi connectivity index (χ0n) is 23.1. The predicted octanol–water partition coefficient (Wildman–Crippen LogP) is 3.78. The predicted molar refractivity (Wildman–Crippen MR) is 154 cm³/mol. The quantitative estimate of drug-likeness (QED) is 0.431. The highest BCUT2D eigenvalue weighted by Gasteiger charge is 2.40. The molecule has 2 aliphatic heterocycles. The van der Waals surface area contributed by atoms with Crippen LogP contribution in [0, 0.1) is 10.8 Å². The summed E-state index contributed by atoms with van der Waals surface area (Å²) in [6, 6.07) is 13.2. The van der Waals surface area contributed by atoms with Crippen molar-refractivity contribution < 1.29 is 14.4 Å². The topological polar surface area (TPSA) is 136 Å². The number of urea groups is 1. The van der Waals surface area contributed by atoms with Crippen LogP contribution in [0.3, 0.4) is 0 Å². The summed E-state index contributed by atoms with van der Waals surface area (Å²) in [5, 5.41) is 19.4. The van der Waals surface area contributed by atoms with Crippen LogP contribution < -0.4 is 15.5 Å². The summed E-state index contributed by atoms with van der Waals surface area (Å²) in [4.78, 5) is 44.8. The van der Waals surface area contributed by atoms with E-state index in [1.165, 1.54) is 16.7 Å². The molecule has 2 aromatic carbocycles. The molecule has 12 heteroatoms. The van der Waals surface area contributed by atoms with E-state index in [4.69, 9.17) is 0 Å². The summed E-state index contributed by atoms with van der Waals surface area (Å²) in [7, 11) is 0. The number of benzene rings is 2. The molecule has 2 aliphatic rings. The van der Waals surface area contributed by atoms with E-state index < -0.39 is 12.1 Å². The molecule has 3 heterocycles. The van der Waals surface area contributed by atoms with Crippen LogP contribution in [0.4, 0.5) is 16.2 Å². The van der Waals surface area contributed by atoms with Gasteiger partial charge in [0.25, 0.3) is 5.91 Å². The first-order valence-electron chi connectivity index (χ1n) is 13.2. The lowest BCUT2D eigenvalue weighted by molar-refractivity contribution is -0.137. The van der Waals surface area contributed by atoms with E-state index in [1.807, 2.05) is 35.2 Å². The third-order valence-corrected chi connectivity index (χ3v) is 8.17. The average molecular weight is 563 g/mol. The van der Waals surface area contributed by atoms with Gasteiger partial charge in [-0.3, -0.25) is 9.59 Å². The molecule has 0 bridgehead atoms. The van der Waals surface area contributed by atoms with E-state index >= 15 is 0 Å². The van der Waals surface area contributed by atoms with E-state index in [0.717, 1.165) is 11.3 Å². The molecule has 1 fully saturated rings. The zero-order chi connectivity index (χ0) is 28.5. The highest BCUT2D eigenvalue weighted by atomic mass is 32.2. The van der Waals surface area contributed by atoms with Gasteiger partial charge in [-0.25, -0.2) is 9.89 Å². The van der Waals surface area contributed by atoms with Crippen molar-refractivity contribution in [3.63, 3.8) is 0 Å². The van der Waals surface area contributed by atoms with Crippen LogP contribution in [0.5, 0.6) is 0 Å². The molecule has 0 aliphatic carbocycles. The zero-order valence-corrected chi connectivity index (χ0v) is 23.9. The molecule has 3 N–H and O–H groups in total. The summed E-state index contributed by atoms with van der Waals surface area (Å²) in [6.07, 6.45) is 1.02. The number of amides is 4. The van der Waals surface area contributed by atoms with Crippen molar-refractivity contribution in [2.45, 2.75) is 45.1 Å². The Morgan fingerprint density at radius 3 is 2.55 bits per heavy atom. The monoisotopic (exact) mass is 562 g/mol. The van der Waals surface area contributed by atoms with Gasteiger partial charge in [-0.1, -0.05) is 52.0 Å². The number of carbonyl (C=O) groups is 3. The summed E-state index contributed by atoms with van der Waals surface area (Å²) in [5.74, 6) is 0.385. The molecule has 1 saturated heterocycles. The number of likely N-dealkylation sites (tertiary alicyclic amines) is 1. The molecule has 210 valence electrons. The van der Waals surface area contributed by atoms with Crippen LogP contribution in [-0.2, 0) is 9.59 Å². The van der Waals surface area contributed by atoms with E-state index in [9.17, 15) is 14.4 Å². The standard InChI is InChI=1S/C28H34N8O3S/c1-27(2)15-28(3,4)17-35(16-27)23(37)13-36-21-10-5-6-11-22(21)40-14-20(25(36)38)30-26(39)29-19-9-7-8-18(12-19)24-31-33-34-32-24/h5-12,20H,13-17H2,1-4H3,(H2,29,30,39)(H,31,32,33,34). The molecule has 0 saturated carbocycles. The highest BCUT2D eigenvalue weighted by molar-refractivity contribution is 7.99. The van der Waals surface area contributed by atoms with Crippen molar-refractivity contribution in [2.75, 3.05) is 35.6 Å². The lowest BCUT2D eigenvalue weighted by Crippen LogP contribution is -2.56. The summed E-state index contributed by atoms with van der Waals surface area (Å²) in [6.45, 7) is 9.89. The number of carbonyl (C=O) groups excluding carboxylic acids is 3. The van der Waals surface area contributed by atoms with E-state index in [2.05, 4.69) is 59.0 Å². The second-order valence-corrected chi connectivity index (χ2v) is 13.0.